The summed E-state index contributed by atoms with van der Waals surface area (Å²) in [6.07, 6.45) is 3.87. The topological polar surface area (TPSA) is 75.4 Å². The molecule has 0 radical (unpaired) electrons. The molecule has 1 aliphatic heterocycles. The number of aromatic nitrogens is 2. The minimum absolute atomic E-state index is 0.201. The van der Waals surface area contributed by atoms with Crippen LogP contribution >= 0.6 is 0 Å². The Morgan fingerprint density at radius 2 is 2.42 bits per heavy atom. The van der Waals surface area contributed by atoms with Crippen molar-refractivity contribution in [3.8, 4) is 0 Å². The molecule has 0 saturated heterocycles. The summed E-state index contributed by atoms with van der Waals surface area (Å²) in [6, 6.07) is 0. The highest BCUT2D eigenvalue weighted by Gasteiger charge is 2.13. The first kappa shape index (κ1) is 6.90. The molecule has 0 unspecified atom stereocenters. The normalized spacial score (nSPS) is 13.0. The van der Waals surface area contributed by atoms with E-state index in [1.807, 2.05) is 0 Å². The number of carboxylic acid groups (broad SMARTS) is 1. The number of aromatic carboxylic acids is 1. The third-order valence-electron chi connectivity index (χ3n) is 1.56. The van der Waals surface area contributed by atoms with Crippen LogP contribution < -0.4 is 0 Å². The van der Waals surface area contributed by atoms with Gasteiger partial charge in [0.25, 0.3) is 0 Å². The van der Waals surface area contributed by atoms with Gasteiger partial charge in [-0.15, -0.1) is 0 Å². The summed E-state index contributed by atoms with van der Waals surface area (Å²) in [5, 5.41) is 8.54. The maximum atomic E-state index is 10.4. The fourth-order valence-electron chi connectivity index (χ4n) is 0.987. The van der Waals surface area contributed by atoms with Crippen LogP contribution in [0, 0.1) is 0 Å². The highest BCUT2D eigenvalue weighted by molar-refractivity contribution is 5.84. The minimum Gasteiger partial charge on any atom is -0.475 e. The Bertz CT molecular complexity index is 373. The van der Waals surface area contributed by atoms with Crippen molar-refractivity contribution in [1.29, 1.82) is 0 Å². The molecule has 0 saturated carbocycles. The van der Waals surface area contributed by atoms with E-state index in [9.17, 15) is 4.79 Å². The Morgan fingerprint density at radius 1 is 1.58 bits per heavy atom. The van der Waals surface area contributed by atoms with E-state index in [1.165, 1.54) is 6.20 Å². The van der Waals surface area contributed by atoms with Crippen molar-refractivity contribution in [1.82, 2.24) is 9.97 Å². The second-order valence-corrected chi connectivity index (χ2v) is 2.36. The first-order chi connectivity index (χ1) is 5.77. The predicted octanol–water partition coefficient (Wildman–Crippen LogP) is 0.433. The van der Waals surface area contributed by atoms with Crippen molar-refractivity contribution in [2.75, 3.05) is 0 Å². The molecule has 0 spiro atoms. The molecule has 0 atom stereocenters. The number of nitrogens with zero attached hydrogens (tertiary/aromatic N) is 3. The highest BCUT2D eigenvalue weighted by Crippen LogP contribution is 2.19. The Morgan fingerprint density at radius 3 is 3.17 bits per heavy atom. The number of hydrogen-bond donors (Lipinski definition) is 1. The molecule has 2 rings (SSSR count). The van der Waals surface area contributed by atoms with Gasteiger partial charge >= 0.3 is 5.97 Å². The molecule has 1 aliphatic rings. The van der Waals surface area contributed by atoms with E-state index >= 15 is 0 Å². The van der Waals surface area contributed by atoms with Gasteiger partial charge in [0.2, 0.25) is 5.82 Å². The van der Waals surface area contributed by atoms with Gasteiger partial charge in [-0.25, -0.2) is 19.8 Å². The van der Waals surface area contributed by atoms with Gasteiger partial charge in [-0.2, -0.15) is 0 Å². The minimum atomic E-state index is -1.13. The summed E-state index contributed by atoms with van der Waals surface area (Å²) < 4.78 is 0. The number of carboxylic acids is 1. The van der Waals surface area contributed by atoms with E-state index in [-0.39, 0.29) is 5.82 Å². The average molecular weight is 163 g/mol. The van der Waals surface area contributed by atoms with Crippen LogP contribution in [-0.2, 0) is 6.42 Å². The van der Waals surface area contributed by atoms with Gasteiger partial charge in [-0.05, 0) is 0 Å². The second-order valence-electron chi connectivity index (χ2n) is 2.36. The van der Waals surface area contributed by atoms with Crippen LogP contribution in [0.15, 0.2) is 11.2 Å². The van der Waals surface area contributed by atoms with Crippen molar-refractivity contribution in [2.45, 2.75) is 6.42 Å². The van der Waals surface area contributed by atoms with Crippen LogP contribution in [0.5, 0.6) is 0 Å². The van der Waals surface area contributed by atoms with Crippen LogP contribution in [0.4, 0.5) is 5.82 Å². The molecule has 5 nitrogen and oxygen atoms in total. The number of aliphatic imine (C=N–C) groups is 1. The van der Waals surface area contributed by atoms with Crippen molar-refractivity contribution >= 4 is 18.0 Å². The summed E-state index contributed by atoms with van der Waals surface area (Å²) in [6.45, 7) is 0. The fraction of sp³-hybridized carbons (Fsp3) is 0.143. The summed E-state index contributed by atoms with van der Waals surface area (Å²) in [4.78, 5) is 21.7. The van der Waals surface area contributed by atoms with Crippen molar-refractivity contribution in [3.05, 3.63) is 17.6 Å². The maximum absolute atomic E-state index is 10.4. The monoisotopic (exact) mass is 163 g/mol. The lowest BCUT2D eigenvalue weighted by Gasteiger charge is -1.95. The summed E-state index contributed by atoms with van der Waals surface area (Å²) in [5.41, 5.74) is 0.875. The quantitative estimate of drug-likeness (QED) is 0.651. The van der Waals surface area contributed by atoms with Gasteiger partial charge in [0.05, 0.1) is 0 Å². The SMILES string of the molecule is O=C(O)c1ncc2c(n1)N=CC2. The number of hydrogen-bond acceptors (Lipinski definition) is 4. The molecule has 2 heterocycles. The molecule has 0 aromatic carbocycles. The molecule has 60 valence electrons. The number of rotatable bonds is 1. The fourth-order valence-corrected chi connectivity index (χ4v) is 0.987. The van der Waals surface area contributed by atoms with Gasteiger partial charge in [-0.1, -0.05) is 0 Å². The van der Waals surface area contributed by atoms with Gasteiger partial charge in [0.1, 0.15) is 0 Å². The van der Waals surface area contributed by atoms with Crippen molar-refractivity contribution in [2.24, 2.45) is 4.99 Å². The molecule has 1 aromatic rings. The Labute approximate surface area is 67.8 Å². The van der Waals surface area contributed by atoms with E-state index in [0.29, 0.717) is 12.2 Å². The van der Waals surface area contributed by atoms with Crippen LogP contribution in [0.3, 0.4) is 0 Å². The van der Waals surface area contributed by atoms with Gasteiger partial charge in [0, 0.05) is 24.4 Å². The molecule has 0 bridgehead atoms. The summed E-state index contributed by atoms with van der Waals surface area (Å²) >= 11 is 0. The zero-order valence-corrected chi connectivity index (χ0v) is 6.06. The van der Waals surface area contributed by atoms with E-state index in [0.717, 1.165) is 5.56 Å². The number of carbonyl (C=O) groups is 1. The van der Waals surface area contributed by atoms with E-state index < -0.39 is 5.97 Å². The maximum Gasteiger partial charge on any atom is 0.374 e. The molecule has 1 aromatic heterocycles. The largest absolute Gasteiger partial charge is 0.475 e. The predicted molar refractivity (Wildman–Crippen MR) is 40.8 cm³/mol. The van der Waals surface area contributed by atoms with Crippen LogP contribution in [0.1, 0.15) is 16.2 Å². The van der Waals surface area contributed by atoms with Crippen LogP contribution in [-0.4, -0.2) is 27.3 Å². The van der Waals surface area contributed by atoms with Gasteiger partial charge < -0.3 is 5.11 Å². The van der Waals surface area contributed by atoms with E-state index in [1.54, 1.807) is 6.21 Å². The third-order valence-corrected chi connectivity index (χ3v) is 1.56. The Hall–Kier alpha value is -1.78. The van der Waals surface area contributed by atoms with E-state index in [2.05, 4.69) is 15.0 Å². The first-order valence-corrected chi connectivity index (χ1v) is 3.39. The molecule has 0 aliphatic carbocycles. The molecule has 5 heteroatoms. The Balaban J connectivity index is 2.51. The molecule has 0 amide bonds. The zero-order chi connectivity index (χ0) is 8.55. The smallest absolute Gasteiger partial charge is 0.374 e. The average Bonchev–Trinajstić information content (AvgIpc) is 2.49. The molecule has 1 N–H and O–H groups in total. The lowest BCUT2D eigenvalue weighted by atomic mass is 10.3. The van der Waals surface area contributed by atoms with Crippen molar-refractivity contribution in [3.63, 3.8) is 0 Å². The van der Waals surface area contributed by atoms with Gasteiger partial charge in [-0.3, -0.25) is 0 Å². The highest BCUT2D eigenvalue weighted by atomic mass is 16.4. The van der Waals surface area contributed by atoms with Gasteiger partial charge in [0.15, 0.2) is 5.82 Å². The molecular formula is C7H5N3O2. The van der Waals surface area contributed by atoms with Crippen LogP contribution in [0.25, 0.3) is 0 Å². The number of fused-ring (bicyclic) bond motifs is 1. The van der Waals surface area contributed by atoms with Crippen LogP contribution in [0.2, 0.25) is 0 Å². The molecular weight excluding hydrogens is 158 g/mol. The van der Waals surface area contributed by atoms with E-state index in [4.69, 9.17) is 5.11 Å². The summed E-state index contributed by atoms with van der Waals surface area (Å²) in [5.74, 6) is -0.852. The molecule has 12 heavy (non-hydrogen) atoms. The third kappa shape index (κ3) is 0.952. The lowest BCUT2D eigenvalue weighted by molar-refractivity contribution is 0.0683. The second kappa shape index (κ2) is 2.37. The van der Waals surface area contributed by atoms with Crippen molar-refractivity contribution < 1.29 is 9.90 Å². The molecule has 0 fully saturated rings. The lowest BCUT2D eigenvalue weighted by Crippen LogP contribution is -2.03. The summed E-state index contributed by atoms with van der Waals surface area (Å²) in [7, 11) is 0. The zero-order valence-electron chi connectivity index (χ0n) is 6.06. The Kier molecular flexibility index (Phi) is 1.36. The first-order valence-electron chi connectivity index (χ1n) is 3.39. The standard InChI is InChI=1S/C7H5N3O2/c11-7(12)6-9-3-4-1-2-8-5(4)10-6/h2-3H,1H2,(H,11,12).